The number of hydrogen-bond acceptors (Lipinski definition) is 7. The zero-order valence-corrected chi connectivity index (χ0v) is 11.8. The van der Waals surface area contributed by atoms with Crippen LogP contribution < -0.4 is 5.32 Å². The summed E-state index contributed by atoms with van der Waals surface area (Å²) >= 11 is 0. The fraction of sp³-hybridized carbons (Fsp3) is 0.286. The van der Waals surface area contributed by atoms with E-state index in [2.05, 4.69) is 10.3 Å². The lowest BCUT2D eigenvalue weighted by Crippen LogP contribution is -2.08. The van der Waals surface area contributed by atoms with Gasteiger partial charge in [0.1, 0.15) is 11.9 Å². The van der Waals surface area contributed by atoms with E-state index in [1.807, 2.05) is 0 Å². The van der Waals surface area contributed by atoms with Crippen LogP contribution in [0.2, 0.25) is 0 Å². The van der Waals surface area contributed by atoms with Gasteiger partial charge in [-0.15, -0.1) is 0 Å². The molecule has 21 heavy (non-hydrogen) atoms. The van der Waals surface area contributed by atoms with Crippen LogP contribution >= 0.6 is 0 Å². The molecule has 0 fully saturated rings. The number of rotatable bonds is 6. The van der Waals surface area contributed by atoms with Gasteiger partial charge in [0.2, 0.25) is 0 Å². The third-order valence-corrected chi connectivity index (χ3v) is 2.25. The van der Waals surface area contributed by atoms with Crippen molar-refractivity contribution in [1.29, 1.82) is 5.26 Å². The molecule has 0 unspecified atom stereocenters. The largest absolute Gasteiger partial charge is 0.462 e. The first kappa shape index (κ1) is 16.2. The van der Waals surface area contributed by atoms with Crippen LogP contribution in [0.25, 0.3) is 0 Å². The maximum absolute atomic E-state index is 11.4. The molecular weight excluding hydrogens is 274 g/mol. The standard InChI is InChI=1S/C14H15N3O4/c1-3-20-13(18)10-5-6-12(16-8-10)17-9-11(7-15)14(19)21-4-2/h5-6,8-9H,3-4H2,1-2H3,(H,16,17)/b11-9+. The first-order chi connectivity index (χ1) is 10.1. The van der Waals surface area contributed by atoms with E-state index in [0.717, 1.165) is 0 Å². The zero-order valence-electron chi connectivity index (χ0n) is 11.8. The number of aromatic nitrogens is 1. The number of carbonyl (C=O) groups excluding carboxylic acids is 2. The monoisotopic (exact) mass is 289 g/mol. The van der Waals surface area contributed by atoms with Crippen molar-refractivity contribution in [3.63, 3.8) is 0 Å². The molecule has 1 rings (SSSR count). The first-order valence-corrected chi connectivity index (χ1v) is 6.29. The minimum absolute atomic E-state index is 0.173. The van der Waals surface area contributed by atoms with Crippen molar-refractivity contribution in [2.24, 2.45) is 0 Å². The number of pyridine rings is 1. The molecule has 0 atom stereocenters. The molecule has 0 aliphatic carbocycles. The molecule has 1 heterocycles. The van der Waals surface area contributed by atoms with E-state index in [9.17, 15) is 9.59 Å². The molecule has 1 aromatic rings. The van der Waals surface area contributed by atoms with E-state index in [-0.39, 0.29) is 18.8 Å². The average molecular weight is 289 g/mol. The van der Waals surface area contributed by atoms with Crippen LogP contribution in [0.1, 0.15) is 24.2 Å². The summed E-state index contributed by atoms with van der Waals surface area (Å²) < 4.78 is 9.54. The molecule has 0 amide bonds. The Bertz CT molecular complexity index is 573. The third-order valence-electron chi connectivity index (χ3n) is 2.25. The molecule has 7 heteroatoms. The predicted octanol–water partition coefficient (Wildman–Crippen LogP) is 1.64. The van der Waals surface area contributed by atoms with Gasteiger partial charge >= 0.3 is 11.9 Å². The number of hydrogen-bond donors (Lipinski definition) is 1. The maximum Gasteiger partial charge on any atom is 0.350 e. The van der Waals surface area contributed by atoms with Crippen LogP contribution in [-0.2, 0) is 14.3 Å². The highest BCUT2D eigenvalue weighted by atomic mass is 16.5. The van der Waals surface area contributed by atoms with E-state index in [0.29, 0.717) is 11.4 Å². The lowest BCUT2D eigenvalue weighted by molar-refractivity contribution is -0.138. The van der Waals surface area contributed by atoms with E-state index in [1.165, 1.54) is 24.5 Å². The van der Waals surface area contributed by atoms with Gasteiger partial charge in [0.25, 0.3) is 0 Å². The van der Waals surface area contributed by atoms with Crippen molar-refractivity contribution < 1.29 is 19.1 Å². The van der Waals surface area contributed by atoms with E-state index >= 15 is 0 Å². The second-order valence-corrected chi connectivity index (χ2v) is 3.69. The Morgan fingerprint density at radius 2 is 2.05 bits per heavy atom. The van der Waals surface area contributed by atoms with Crippen LogP contribution in [-0.4, -0.2) is 30.1 Å². The topological polar surface area (TPSA) is 101 Å². The summed E-state index contributed by atoms with van der Waals surface area (Å²) in [4.78, 5) is 26.8. The Labute approximate surface area is 122 Å². The van der Waals surface area contributed by atoms with Gasteiger partial charge in [-0.1, -0.05) is 0 Å². The first-order valence-electron chi connectivity index (χ1n) is 6.29. The number of ether oxygens (including phenoxy) is 2. The summed E-state index contributed by atoms with van der Waals surface area (Å²) in [5.41, 5.74) is 0.144. The van der Waals surface area contributed by atoms with Gasteiger partial charge < -0.3 is 14.8 Å². The Hall–Kier alpha value is -2.88. The summed E-state index contributed by atoms with van der Waals surface area (Å²) in [5.74, 6) is -0.799. The Morgan fingerprint density at radius 3 is 2.57 bits per heavy atom. The molecular formula is C14H15N3O4. The van der Waals surface area contributed by atoms with Crippen molar-refractivity contribution in [1.82, 2.24) is 4.98 Å². The Morgan fingerprint density at radius 1 is 1.33 bits per heavy atom. The van der Waals surface area contributed by atoms with Gasteiger partial charge in [-0.25, -0.2) is 14.6 Å². The average Bonchev–Trinajstić information content (AvgIpc) is 2.49. The molecule has 110 valence electrons. The summed E-state index contributed by atoms with van der Waals surface area (Å²) in [6.07, 6.45) is 2.54. The third kappa shape index (κ3) is 4.95. The van der Waals surface area contributed by atoms with E-state index < -0.39 is 11.9 Å². The molecule has 0 saturated heterocycles. The van der Waals surface area contributed by atoms with Crippen molar-refractivity contribution in [2.75, 3.05) is 18.5 Å². The lowest BCUT2D eigenvalue weighted by Gasteiger charge is -2.04. The fourth-order valence-corrected chi connectivity index (χ4v) is 1.31. The number of nitrogens with one attached hydrogen (secondary N) is 1. The normalized spacial score (nSPS) is 10.4. The number of nitriles is 1. The molecule has 7 nitrogen and oxygen atoms in total. The molecule has 0 aliphatic heterocycles. The van der Waals surface area contributed by atoms with Crippen LogP contribution in [0.3, 0.4) is 0 Å². The van der Waals surface area contributed by atoms with Gasteiger partial charge in [-0.2, -0.15) is 5.26 Å². The Kier molecular flexibility index (Phi) is 6.41. The summed E-state index contributed by atoms with van der Waals surface area (Å²) in [6.45, 7) is 3.83. The molecule has 0 radical (unpaired) electrons. The molecule has 0 aliphatic rings. The minimum Gasteiger partial charge on any atom is -0.462 e. The van der Waals surface area contributed by atoms with Crippen molar-refractivity contribution >= 4 is 17.8 Å². The van der Waals surface area contributed by atoms with Crippen LogP contribution in [0.4, 0.5) is 5.82 Å². The second kappa shape index (κ2) is 8.32. The molecule has 1 aromatic heterocycles. The number of esters is 2. The van der Waals surface area contributed by atoms with Crippen molar-refractivity contribution in [2.45, 2.75) is 13.8 Å². The van der Waals surface area contributed by atoms with Gasteiger partial charge in [0, 0.05) is 12.4 Å². The fourth-order valence-electron chi connectivity index (χ4n) is 1.31. The number of anilines is 1. The highest BCUT2D eigenvalue weighted by Gasteiger charge is 2.10. The highest BCUT2D eigenvalue weighted by molar-refractivity contribution is 5.93. The van der Waals surface area contributed by atoms with Crippen LogP contribution in [0.5, 0.6) is 0 Å². The Balaban J connectivity index is 2.73. The van der Waals surface area contributed by atoms with Gasteiger partial charge in [-0.05, 0) is 26.0 Å². The smallest absolute Gasteiger partial charge is 0.350 e. The minimum atomic E-state index is -0.712. The van der Waals surface area contributed by atoms with E-state index in [4.69, 9.17) is 14.7 Å². The highest BCUT2D eigenvalue weighted by Crippen LogP contribution is 2.07. The van der Waals surface area contributed by atoms with E-state index in [1.54, 1.807) is 19.9 Å². The van der Waals surface area contributed by atoms with Crippen LogP contribution in [0, 0.1) is 11.3 Å². The van der Waals surface area contributed by atoms with Crippen molar-refractivity contribution in [3.05, 3.63) is 35.7 Å². The SMILES string of the molecule is CCOC(=O)/C(C#N)=C/Nc1ccc(C(=O)OCC)cn1. The number of nitrogens with zero attached hydrogens (tertiary/aromatic N) is 2. The van der Waals surface area contributed by atoms with Gasteiger partial charge in [-0.3, -0.25) is 0 Å². The van der Waals surface area contributed by atoms with Crippen molar-refractivity contribution in [3.8, 4) is 6.07 Å². The molecule has 0 bridgehead atoms. The molecule has 0 saturated carbocycles. The molecule has 0 aromatic carbocycles. The van der Waals surface area contributed by atoms with Gasteiger partial charge in [0.05, 0.1) is 18.8 Å². The zero-order chi connectivity index (χ0) is 15.7. The maximum atomic E-state index is 11.4. The lowest BCUT2D eigenvalue weighted by atomic mass is 10.3. The quantitative estimate of drug-likeness (QED) is 0.482. The van der Waals surface area contributed by atoms with Crippen LogP contribution in [0.15, 0.2) is 30.1 Å². The number of carbonyl (C=O) groups is 2. The summed E-state index contributed by atoms with van der Waals surface area (Å²) in [6, 6.07) is 4.78. The second-order valence-electron chi connectivity index (χ2n) is 3.69. The predicted molar refractivity (Wildman–Crippen MR) is 74.1 cm³/mol. The molecule has 0 spiro atoms. The summed E-state index contributed by atoms with van der Waals surface area (Å²) in [5, 5.41) is 11.5. The molecule has 1 N–H and O–H groups in total. The van der Waals surface area contributed by atoms with Gasteiger partial charge in [0.15, 0.2) is 5.57 Å². The summed E-state index contributed by atoms with van der Waals surface area (Å²) in [7, 11) is 0.